The van der Waals surface area contributed by atoms with Gasteiger partial charge in [-0.15, -0.1) is 0 Å². The van der Waals surface area contributed by atoms with Crippen molar-refractivity contribution in [1.82, 2.24) is 19.6 Å². The predicted molar refractivity (Wildman–Crippen MR) is 79.4 cm³/mol. The van der Waals surface area contributed by atoms with E-state index in [1.807, 2.05) is 25.8 Å². The molecule has 0 radical (unpaired) electrons. The Morgan fingerprint density at radius 2 is 2.05 bits per heavy atom. The van der Waals surface area contributed by atoms with Crippen molar-refractivity contribution in [1.29, 1.82) is 0 Å². The SMILES string of the molecule is Cc1nn(C)c(C)c1C(=O)N1CC[C@H]2OCCN(C)[C@@H]2C1. The van der Waals surface area contributed by atoms with Gasteiger partial charge in [-0.1, -0.05) is 0 Å². The Morgan fingerprint density at radius 1 is 1.29 bits per heavy atom. The molecule has 2 atom stereocenters. The fourth-order valence-electron chi connectivity index (χ4n) is 3.47. The molecular weight excluding hydrogens is 268 g/mol. The molecule has 3 rings (SSSR count). The van der Waals surface area contributed by atoms with Crippen molar-refractivity contribution in [2.75, 3.05) is 33.3 Å². The van der Waals surface area contributed by atoms with Crippen LogP contribution in [-0.4, -0.2) is 70.9 Å². The first-order valence-electron chi connectivity index (χ1n) is 7.60. The van der Waals surface area contributed by atoms with Gasteiger partial charge in [0.15, 0.2) is 0 Å². The van der Waals surface area contributed by atoms with Gasteiger partial charge in [0.2, 0.25) is 0 Å². The number of rotatable bonds is 1. The lowest BCUT2D eigenvalue weighted by molar-refractivity contribution is -0.0893. The molecule has 0 aliphatic carbocycles. The van der Waals surface area contributed by atoms with E-state index in [2.05, 4.69) is 17.0 Å². The quantitative estimate of drug-likeness (QED) is 0.760. The average molecular weight is 292 g/mol. The van der Waals surface area contributed by atoms with E-state index in [1.165, 1.54) is 0 Å². The molecule has 0 saturated carbocycles. The third-order valence-corrected chi connectivity index (χ3v) is 4.87. The molecule has 21 heavy (non-hydrogen) atoms. The first-order valence-corrected chi connectivity index (χ1v) is 7.60. The van der Waals surface area contributed by atoms with Crippen molar-refractivity contribution in [3.63, 3.8) is 0 Å². The number of amides is 1. The van der Waals surface area contributed by atoms with Crippen LogP contribution in [-0.2, 0) is 11.8 Å². The second-order valence-corrected chi connectivity index (χ2v) is 6.17. The van der Waals surface area contributed by atoms with Crippen molar-refractivity contribution >= 4 is 5.91 Å². The van der Waals surface area contributed by atoms with Gasteiger partial charge in [0.25, 0.3) is 5.91 Å². The number of hydrogen-bond acceptors (Lipinski definition) is 4. The minimum atomic E-state index is 0.107. The molecular formula is C15H24N4O2. The number of likely N-dealkylation sites (N-methyl/N-ethyl adjacent to an activating group) is 1. The normalized spacial score (nSPS) is 26.8. The summed E-state index contributed by atoms with van der Waals surface area (Å²) >= 11 is 0. The van der Waals surface area contributed by atoms with E-state index in [1.54, 1.807) is 4.68 Å². The molecule has 2 saturated heterocycles. The molecule has 3 heterocycles. The van der Waals surface area contributed by atoms with Crippen LogP contribution in [0.25, 0.3) is 0 Å². The van der Waals surface area contributed by atoms with Gasteiger partial charge >= 0.3 is 0 Å². The Bertz CT molecular complexity index is 554. The summed E-state index contributed by atoms with van der Waals surface area (Å²) in [6.45, 7) is 7.11. The highest BCUT2D eigenvalue weighted by Crippen LogP contribution is 2.24. The fraction of sp³-hybridized carbons (Fsp3) is 0.733. The van der Waals surface area contributed by atoms with Crippen LogP contribution in [0.5, 0.6) is 0 Å². The second kappa shape index (κ2) is 5.42. The standard InChI is InChI=1S/C15H24N4O2/c1-10-14(11(2)18(4)16-10)15(20)19-6-5-13-12(9-19)17(3)7-8-21-13/h12-13H,5-9H2,1-4H3/t12-,13-/m1/s1. The third kappa shape index (κ3) is 2.46. The molecule has 2 aliphatic heterocycles. The summed E-state index contributed by atoms with van der Waals surface area (Å²) in [7, 11) is 4.00. The van der Waals surface area contributed by atoms with Crippen LogP contribution in [0.3, 0.4) is 0 Å². The number of carbonyl (C=O) groups excluding carboxylic acids is 1. The zero-order valence-corrected chi connectivity index (χ0v) is 13.3. The molecule has 6 nitrogen and oxygen atoms in total. The number of aromatic nitrogens is 2. The van der Waals surface area contributed by atoms with Gasteiger partial charge in [0.05, 0.1) is 30.0 Å². The Kier molecular flexibility index (Phi) is 3.75. The second-order valence-electron chi connectivity index (χ2n) is 6.17. The van der Waals surface area contributed by atoms with E-state index < -0.39 is 0 Å². The number of fused-ring (bicyclic) bond motifs is 1. The van der Waals surface area contributed by atoms with Gasteiger partial charge in [0.1, 0.15) is 0 Å². The van der Waals surface area contributed by atoms with Gasteiger partial charge < -0.3 is 9.64 Å². The van der Waals surface area contributed by atoms with Gasteiger partial charge in [-0.25, -0.2) is 0 Å². The van der Waals surface area contributed by atoms with Crippen LogP contribution in [0.2, 0.25) is 0 Å². The zero-order chi connectivity index (χ0) is 15.1. The van der Waals surface area contributed by atoms with E-state index in [4.69, 9.17) is 4.74 Å². The highest BCUT2D eigenvalue weighted by Gasteiger charge is 2.37. The molecule has 2 fully saturated rings. The van der Waals surface area contributed by atoms with Gasteiger partial charge in [-0.05, 0) is 27.3 Å². The first kappa shape index (κ1) is 14.5. The monoisotopic (exact) mass is 292 g/mol. The smallest absolute Gasteiger partial charge is 0.257 e. The third-order valence-electron chi connectivity index (χ3n) is 4.87. The number of piperidine rings is 1. The van der Waals surface area contributed by atoms with Gasteiger partial charge in [-0.2, -0.15) is 5.10 Å². The molecule has 2 aliphatic rings. The number of hydrogen-bond donors (Lipinski definition) is 0. The number of nitrogens with zero attached hydrogens (tertiary/aromatic N) is 4. The Labute approximate surface area is 125 Å². The Balaban J connectivity index is 1.79. The van der Waals surface area contributed by atoms with Crippen LogP contribution >= 0.6 is 0 Å². The molecule has 6 heteroatoms. The molecule has 1 aromatic rings. The van der Waals surface area contributed by atoms with Crippen LogP contribution < -0.4 is 0 Å². The van der Waals surface area contributed by atoms with E-state index in [9.17, 15) is 4.79 Å². The summed E-state index contributed by atoms with van der Waals surface area (Å²) in [6.07, 6.45) is 1.18. The molecule has 0 unspecified atom stereocenters. The van der Waals surface area contributed by atoms with Gasteiger partial charge in [-0.3, -0.25) is 14.4 Å². The minimum absolute atomic E-state index is 0.107. The van der Waals surface area contributed by atoms with Crippen LogP contribution in [0.15, 0.2) is 0 Å². The maximum absolute atomic E-state index is 12.8. The summed E-state index contributed by atoms with van der Waals surface area (Å²) in [5, 5.41) is 4.36. The predicted octanol–water partition coefficient (Wildman–Crippen LogP) is 0.582. The number of likely N-dealkylation sites (tertiary alicyclic amines) is 1. The average Bonchev–Trinajstić information content (AvgIpc) is 2.71. The van der Waals surface area contributed by atoms with Crippen LogP contribution in [0.1, 0.15) is 28.2 Å². The lowest BCUT2D eigenvalue weighted by Crippen LogP contribution is -2.59. The van der Waals surface area contributed by atoms with Crippen LogP contribution in [0, 0.1) is 13.8 Å². The molecule has 116 valence electrons. The van der Waals surface area contributed by atoms with Gasteiger partial charge in [0, 0.05) is 32.4 Å². The highest BCUT2D eigenvalue weighted by atomic mass is 16.5. The number of morpholine rings is 1. The molecule has 0 bridgehead atoms. The molecule has 1 amide bonds. The summed E-state index contributed by atoms with van der Waals surface area (Å²) in [5.74, 6) is 0.107. The summed E-state index contributed by atoms with van der Waals surface area (Å²) in [4.78, 5) is 17.1. The zero-order valence-electron chi connectivity index (χ0n) is 13.3. The van der Waals surface area contributed by atoms with E-state index >= 15 is 0 Å². The minimum Gasteiger partial charge on any atom is -0.375 e. The first-order chi connectivity index (χ1) is 9.99. The van der Waals surface area contributed by atoms with E-state index in [0.717, 1.165) is 49.6 Å². The summed E-state index contributed by atoms with van der Waals surface area (Å²) in [5.41, 5.74) is 2.51. The lowest BCUT2D eigenvalue weighted by atomic mass is 9.98. The van der Waals surface area contributed by atoms with Crippen molar-refractivity contribution in [2.24, 2.45) is 7.05 Å². The number of carbonyl (C=O) groups is 1. The maximum Gasteiger partial charge on any atom is 0.257 e. The molecule has 0 N–H and O–H groups in total. The van der Waals surface area contributed by atoms with Crippen molar-refractivity contribution in [3.8, 4) is 0 Å². The molecule has 1 aromatic heterocycles. The number of aryl methyl sites for hydroxylation is 2. The Morgan fingerprint density at radius 3 is 2.71 bits per heavy atom. The van der Waals surface area contributed by atoms with Crippen molar-refractivity contribution in [2.45, 2.75) is 32.4 Å². The topological polar surface area (TPSA) is 50.6 Å². The molecule has 0 spiro atoms. The maximum atomic E-state index is 12.8. The Hall–Kier alpha value is -1.40. The van der Waals surface area contributed by atoms with E-state index in [0.29, 0.717) is 6.04 Å². The summed E-state index contributed by atoms with van der Waals surface area (Å²) < 4.78 is 7.62. The highest BCUT2D eigenvalue weighted by molar-refractivity contribution is 5.96. The van der Waals surface area contributed by atoms with E-state index in [-0.39, 0.29) is 12.0 Å². The van der Waals surface area contributed by atoms with Crippen molar-refractivity contribution in [3.05, 3.63) is 17.0 Å². The summed E-state index contributed by atoms with van der Waals surface area (Å²) in [6, 6.07) is 0.314. The fourth-order valence-corrected chi connectivity index (χ4v) is 3.47. The number of ether oxygens (including phenoxy) is 1. The van der Waals surface area contributed by atoms with Crippen LogP contribution in [0.4, 0.5) is 0 Å². The lowest BCUT2D eigenvalue weighted by Gasteiger charge is -2.45. The van der Waals surface area contributed by atoms with Crippen molar-refractivity contribution < 1.29 is 9.53 Å². The largest absolute Gasteiger partial charge is 0.375 e. The molecule has 0 aromatic carbocycles.